The smallest absolute Gasteiger partial charge is 0.272 e. The summed E-state index contributed by atoms with van der Waals surface area (Å²) in [6.07, 6.45) is 4.48. The number of amides is 2. The van der Waals surface area contributed by atoms with Crippen molar-refractivity contribution in [2.45, 2.75) is 38.6 Å². The van der Waals surface area contributed by atoms with Gasteiger partial charge in [-0.2, -0.15) is 0 Å². The highest BCUT2D eigenvalue weighted by atomic mass is 16.2. The summed E-state index contributed by atoms with van der Waals surface area (Å²) in [6.45, 7) is 3.27. The Labute approximate surface area is 124 Å². The molecule has 2 heterocycles. The molecule has 6 nitrogen and oxygen atoms in total. The normalized spacial score (nSPS) is 15.8. The highest BCUT2D eigenvalue weighted by molar-refractivity contribution is 5.92. The van der Waals surface area contributed by atoms with Gasteiger partial charge in [0.1, 0.15) is 5.69 Å². The second-order valence-electron chi connectivity index (χ2n) is 5.36. The summed E-state index contributed by atoms with van der Waals surface area (Å²) < 4.78 is 0. The molecule has 1 fully saturated rings. The molecule has 3 N–H and O–H groups in total. The largest absolute Gasteiger partial charge is 0.397 e. The third kappa shape index (κ3) is 4.18. The topological polar surface area (TPSA) is 88.3 Å². The highest BCUT2D eigenvalue weighted by Gasteiger charge is 2.24. The lowest BCUT2D eigenvalue weighted by Gasteiger charge is -2.32. The van der Waals surface area contributed by atoms with E-state index in [1.54, 1.807) is 17.0 Å². The molecule has 0 saturated carbocycles. The molecule has 6 heteroatoms. The Balaban J connectivity index is 1.84. The summed E-state index contributed by atoms with van der Waals surface area (Å²) in [5, 5.41) is 3.02. The Morgan fingerprint density at radius 3 is 2.67 bits per heavy atom. The molecule has 2 amide bonds. The second kappa shape index (κ2) is 7.06. The number of carbonyl (C=O) groups is 2. The van der Waals surface area contributed by atoms with Crippen LogP contribution in [0.3, 0.4) is 0 Å². The zero-order valence-corrected chi connectivity index (χ0v) is 12.3. The average Bonchev–Trinajstić information content (AvgIpc) is 2.48. The van der Waals surface area contributed by atoms with Crippen molar-refractivity contribution in [2.24, 2.45) is 0 Å². The van der Waals surface area contributed by atoms with Crippen molar-refractivity contribution in [1.82, 2.24) is 15.2 Å². The van der Waals surface area contributed by atoms with Gasteiger partial charge in [0.05, 0.1) is 11.9 Å². The molecule has 114 valence electrons. The maximum Gasteiger partial charge on any atom is 0.272 e. The maximum atomic E-state index is 12.3. The van der Waals surface area contributed by atoms with E-state index < -0.39 is 0 Å². The van der Waals surface area contributed by atoms with Crippen molar-refractivity contribution >= 4 is 17.5 Å². The van der Waals surface area contributed by atoms with E-state index in [1.165, 1.54) is 6.20 Å². The van der Waals surface area contributed by atoms with Crippen LogP contribution in [-0.2, 0) is 4.79 Å². The van der Waals surface area contributed by atoms with E-state index >= 15 is 0 Å². The maximum absolute atomic E-state index is 12.3. The number of nitrogens with one attached hydrogen (secondary N) is 1. The molecule has 0 atom stereocenters. The molecule has 1 saturated heterocycles. The molecule has 0 spiro atoms. The van der Waals surface area contributed by atoms with Gasteiger partial charge in [-0.25, -0.2) is 4.98 Å². The number of likely N-dealkylation sites (tertiary alicyclic amines) is 1. The molecule has 0 radical (unpaired) electrons. The van der Waals surface area contributed by atoms with E-state index in [1.807, 2.05) is 6.92 Å². The van der Waals surface area contributed by atoms with Gasteiger partial charge in [0.15, 0.2) is 0 Å². The fourth-order valence-electron chi connectivity index (χ4n) is 2.45. The summed E-state index contributed by atoms with van der Waals surface area (Å²) >= 11 is 0. The van der Waals surface area contributed by atoms with Crippen LogP contribution in [0.15, 0.2) is 18.3 Å². The molecule has 1 aromatic rings. The molecule has 0 bridgehead atoms. The Bertz CT molecular complexity index is 493. The van der Waals surface area contributed by atoms with Gasteiger partial charge in [0.25, 0.3) is 5.91 Å². The standard InChI is InChI=1S/C15H22N4O2/c1-2-3-14(20)18-12-6-8-19(9-7-12)15(21)13-5-4-11(16)10-17-13/h4-5,10,12H,2-3,6-9,16H2,1H3,(H,18,20). The molecule has 2 rings (SSSR count). The number of aromatic nitrogens is 1. The van der Waals surface area contributed by atoms with Crippen LogP contribution in [0.1, 0.15) is 43.1 Å². The third-order valence-corrected chi connectivity index (χ3v) is 3.63. The van der Waals surface area contributed by atoms with Gasteiger partial charge >= 0.3 is 0 Å². The number of nitrogens with two attached hydrogens (primary N) is 1. The number of nitrogens with zero attached hydrogens (tertiary/aromatic N) is 2. The Morgan fingerprint density at radius 1 is 1.38 bits per heavy atom. The minimum Gasteiger partial charge on any atom is -0.397 e. The van der Waals surface area contributed by atoms with Crippen LogP contribution in [0, 0.1) is 0 Å². The minimum atomic E-state index is -0.0756. The summed E-state index contributed by atoms with van der Waals surface area (Å²) in [5.74, 6) is 0.0239. The number of piperidine rings is 1. The lowest BCUT2D eigenvalue weighted by atomic mass is 10.0. The number of hydrogen-bond acceptors (Lipinski definition) is 4. The Kier molecular flexibility index (Phi) is 5.14. The van der Waals surface area contributed by atoms with Gasteiger partial charge in [-0.15, -0.1) is 0 Å². The number of nitrogen functional groups attached to an aromatic ring is 1. The molecule has 0 unspecified atom stereocenters. The number of carbonyl (C=O) groups excluding carboxylic acids is 2. The van der Waals surface area contributed by atoms with Crippen LogP contribution in [0.25, 0.3) is 0 Å². The minimum absolute atomic E-state index is 0.0756. The van der Waals surface area contributed by atoms with Gasteiger partial charge in [-0.3, -0.25) is 9.59 Å². The predicted molar refractivity (Wildman–Crippen MR) is 80.6 cm³/mol. The second-order valence-corrected chi connectivity index (χ2v) is 5.36. The summed E-state index contributed by atoms with van der Waals surface area (Å²) in [7, 11) is 0. The van der Waals surface area contributed by atoms with Crippen molar-refractivity contribution in [3.8, 4) is 0 Å². The van der Waals surface area contributed by atoms with Crippen molar-refractivity contribution in [2.75, 3.05) is 18.8 Å². The van der Waals surface area contributed by atoms with Gasteiger partial charge in [-0.1, -0.05) is 6.92 Å². The number of pyridine rings is 1. The first-order chi connectivity index (χ1) is 10.1. The van der Waals surface area contributed by atoms with Crippen molar-refractivity contribution < 1.29 is 9.59 Å². The summed E-state index contributed by atoms with van der Waals surface area (Å²) in [4.78, 5) is 29.7. The van der Waals surface area contributed by atoms with Crippen LogP contribution in [0.5, 0.6) is 0 Å². The van der Waals surface area contributed by atoms with Crippen molar-refractivity contribution in [1.29, 1.82) is 0 Å². The predicted octanol–water partition coefficient (Wildman–Crippen LogP) is 1.18. The van der Waals surface area contributed by atoms with Crippen LogP contribution in [0.4, 0.5) is 5.69 Å². The summed E-state index contributed by atoms with van der Waals surface area (Å²) in [6, 6.07) is 3.50. The van der Waals surface area contributed by atoms with E-state index in [4.69, 9.17) is 5.73 Å². The number of rotatable bonds is 4. The van der Waals surface area contributed by atoms with Crippen molar-refractivity contribution in [3.63, 3.8) is 0 Å². The van der Waals surface area contributed by atoms with Crippen molar-refractivity contribution in [3.05, 3.63) is 24.0 Å². The van der Waals surface area contributed by atoms with E-state index in [-0.39, 0.29) is 17.9 Å². The third-order valence-electron chi connectivity index (χ3n) is 3.63. The van der Waals surface area contributed by atoms with E-state index in [2.05, 4.69) is 10.3 Å². The first-order valence-electron chi connectivity index (χ1n) is 7.40. The van der Waals surface area contributed by atoms with Crippen LogP contribution in [-0.4, -0.2) is 40.8 Å². The zero-order chi connectivity index (χ0) is 15.2. The lowest BCUT2D eigenvalue weighted by Crippen LogP contribution is -2.46. The lowest BCUT2D eigenvalue weighted by molar-refractivity contribution is -0.122. The molecule has 1 aliphatic heterocycles. The summed E-state index contributed by atoms with van der Waals surface area (Å²) in [5.41, 5.74) is 6.53. The Morgan fingerprint density at radius 2 is 2.10 bits per heavy atom. The fourth-order valence-corrected chi connectivity index (χ4v) is 2.45. The van der Waals surface area contributed by atoms with Crippen LogP contribution in [0.2, 0.25) is 0 Å². The first-order valence-corrected chi connectivity index (χ1v) is 7.40. The first kappa shape index (κ1) is 15.3. The highest BCUT2D eigenvalue weighted by Crippen LogP contribution is 2.14. The van der Waals surface area contributed by atoms with Gasteiger partial charge in [0.2, 0.25) is 5.91 Å². The Hall–Kier alpha value is -2.11. The molecular formula is C15H22N4O2. The number of anilines is 1. The molecular weight excluding hydrogens is 268 g/mol. The van der Waals surface area contributed by atoms with Crippen LogP contribution < -0.4 is 11.1 Å². The number of hydrogen-bond donors (Lipinski definition) is 2. The van der Waals surface area contributed by atoms with E-state index in [0.29, 0.717) is 30.9 Å². The zero-order valence-electron chi connectivity index (χ0n) is 12.3. The van der Waals surface area contributed by atoms with Gasteiger partial charge < -0.3 is 16.0 Å². The fraction of sp³-hybridized carbons (Fsp3) is 0.533. The quantitative estimate of drug-likeness (QED) is 0.871. The molecule has 21 heavy (non-hydrogen) atoms. The molecule has 1 aromatic heterocycles. The molecule has 0 aliphatic carbocycles. The van der Waals surface area contributed by atoms with E-state index in [9.17, 15) is 9.59 Å². The average molecular weight is 290 g/mol. The molecule has 1 aliphatic rings. The van der Waals surface area contributed by atoms with Crippen LogP contribution >= 0.6 is 0 Å². The van der Waals surface area contributed by atoms with E-state index in [0.717, 1.165) is 19.3 Å². The molecule has 0 aromatic carbocycles. The monoisotopic (exact) mass is 290 g/mol. The van der Waals surface area contributed by atoms with Gasteiger partial charge in [-0.05, 0) is 31.4 Å². The SMILES string of the molecule is CCCC(=O)NC1CCN(C(=O)c2ccc(N)cn2)CC1. The van der Waals surface area contributed by atoms with Gasteiger partial charge in [0, 0.05) is 25.6 Å².